The van der Waals surface area contributed by atoms with Crippen molar-refractivity contribution in [3.05, 3.63) is 35.9 Å². The Hall–Kier alpha value is -1.34. The van der Waals surface area contributed by atoms with Gasteiger partial charge in [0.25, 0.3) is 0 Å². The molecule has 1 aromatic carbocycles. The average molecular weight is 258 g/mol. The predicted molar refractivity (Wildman–Crippen MR) is 78.0 cm³/mol. The van der Waals surface area contributed by atoms with Gasteiger partial charge in [-0.2, -0.15) is 0 Å². The molecule has 3 heteroatoms. The van der Waals surface area contributed by atoms with Crippen LogP contribution < -0.4 is 5.32 Å². The van der Waals surface area contributed by atoms with Gasteiger partial charge in [0, 0.05) is 31.2 Å². The lowest BCUT2D eigenvalue weighted by Gasteiger charge is -2.29. The molecule has 102 valence electrons. The van der Waals surface area contributed by atoms with Gasteiger partial charge in [-0.05, 0) is 19.1 Å². The van der Waals surface area contributed by atoms with Crippen molar-refractivity contribution in [1.29, 1.82) is 0 Å². The van der Waals surface area contributed by atoms with E-state index in [9.17, 15) is 0 Å². The highest BCUT2D eigenvalue weighted by Gasteiger charge is 2.12. The summed E-state index contributed by atoms with van der Waals surface area (Å²) in [5.41, 5.74) is 1.07. The first kappa shape index (κ1) is 14.1. The third-order valence-electron chi connectivity index (χ3n) is 3.18. The molecule has 1 aliphatic rings. The second-order valence-corrected chi connectivity index (χ2v) is 4.86. The predicted octanol–water partition coefficient (Wildman–Crippen LogP) is 1.35. The van der Waals surface area contributed by atoms with Gasteiger partial charge >= 0.3 is 0 Å². The van der Waals surface area contributed by atoms with Crippen molar-refractivity contribution in [3.8, 4) is 11.8 Å². The quantitative estimate of drug-likeness (QED) is 0.825. The van der Waals surface area contributed by atoms with Crippen molar-refractivity contribution in [2.24, 2.45) is 0 Å². The van der Waals surface area contributed by atoms with Gasteiger partial charge in [0.05, 0.1) is 19.8 Å². The van der Waals surface area contributed by atoms with Crippen molar-refractivity contribution >= 4 is 0 Å². The summed E-state index contributed by atoms with van der Waals surface area (Å²) in [6.07, 6.45) is 0. The SMILES string of the molecule is CC(CN1CCOCC1)NCC#Cc1ccccc1. The number of rotatable bonds is 4. The monoisotopic (exact) mass is 258 g/mol. The van der Waals surface area contributed by atoms with Gasteiger partial charge in [-0.15, -0.1) is 0 Å². The molecule has 1 heterocycles. The molecule has 0 saturated carbocycles. The minimum absolute atomic E-state index is 0.461. The number of hydrogen-bond acceptors (Lipinski definition) is 3. The number of nitrogens with zero attached hydrogens (tertiary/aromatic N) is 1. The van der Waals surface area contributed by atoms with E-state index in [-0.39, 0.29) is 0 Å². The molecule has 0 spiro atoms. The number of morpholine rings is 1. The Labute approximate surface area is 115 Å². The third kappa shape index (κ3) is 5.44. The Morgan fingerprint density at radius 2 is 2.00 bits per heavy atom. The van der Waals surface area contributed by atoms with Crippen molar-refractivity contribution in [2.45, 2.75) is 13.0 Å². The molecule has 1 atom stereocenters. The van der Waals surface area contributed by atoms with Gasteiger partial charge in [-0.1, -0.05) is 30.0 Å². The van der Waals surface area contributed by atoms with Crippen LogP contribution in [0.15, 0.2) is 30.3 Å². The second kappa shape index (κ2) is 7.96. The molecule has 3 nitrogen and oxygen atoms in total. The Morgan fingerprint density at radius 3 is 2.74 bits per heavy atom. The third-order valence-corrected chi connectivity index (χ3v) is 3.18. The summed E-state index contributed by atoms with van der Waals surface area (Å²) in [6, 6.07) is 10.6. The van der Waals surface area contributed by atoms with Crippen molar-refractivity contribution in [2.75, 3.05) is 39.4 Å². The van der Waals surface area contributed by atoms with Crippen molar-refractivity contribution < 1.29 is 4.74 Å². The Balaban J connectivity index is 1.66. The van der Waals surface area contributed by atoms with E-state index in [2.05, 4.69) is 29.0 Å². The van der Waals surface area contributed by atoms with E-state index in [1.54, 1.807) is 0 Å². The van der Waals surface area contributed by atoms with Gasteiger partial charge < -0.3 is 10.1 Å². The molecule has 0 aliphatic carbocycles. The topological polar surface area (TPSA) is 24.5 Å². The summed E-state index contributed by atoms with van der Waals surface area (Å²) in [6.45, 7) is 7.82. The van der Waals surface area contributed by atoms with E-state index >= 15 is 0 Å². The molecule has 1 fully saturated rings. The normalized spacial score (nSPS) is 17.5. The maximum atomic E-state index is 5.34. The fraction of sp³-hybridized carbons (Fsp3) is 0.500. The van der Waals surface area contributed by atoms with Gasteiger partial charge in [0.2, 0.25) is 0 Å². The van der Waals surface area contributed by atoms with Crippen molar-refractivity contribution in [1.82, 2.24) is 10.2 Å². The Morgan fingerprint density at radius 1 is 1.26 bits per heavy atom. The van der Waals surface area contributed by atoms with Crippen LogP contribution >= 0.6 is 0 Å². The summed E-state index contributed by atoms with van der Waals surface area (Å²) in [5, 5.41) is 3.44. The fourth-order valence-electron chi connectivity index (χ4n) is 2.13. The maximum Gasteiger partial charge on any atom is 0.0594 e. The van der Waals surface area contributed by atoms with Crippen LogP contribution in [0.5, 0.6) is 0 Å². The molecule has 1 N–H and O–H groups in total. The van der Waals surface area contributed by atoms with E-state index in [1.807, 2.05) is 30.3 Å². The van der Waals surface area contributed by atoms with Crippen LogP contribution in [0.1, 0.15) is 12.5 Å². The highest BCUT2D eigenvalue weighted by molar-refractivity contribution is 5.33. The molecule has 0 aromatic heterocycles. The lowest BCUT2D eigenvalue weighted by Crippen LogP contribution is -2.44. The zero-order chi connectivity index (χ0) is 13.3. The molecule has 0 radical (unpaired) electrons. The molecular weight excluding hydrogens is 236 g/mol. The largest absolute Gasteiger partial charge is 0.379 e. The minimum Gasteiger partial charge on any atom is -0.379 e. The number of benzene rings is 1. The summed E-state index contributed by atoms with van der Waals surface area (Å²) in [5.74, 6) is 6.32. The lowest BCUT2D eigenvalue weighted by molar-refractivity contribution is 0.0346. The zero-order valence-electron chi connectivity index (χ0n) is 11.6. The Bertz CT molecular complexity index is 415. The van der Waals surface area contributed by atoms with Gasteiger partial charge in [-0.25, -0.2) is 0 Å². The molecule has 1 aliphatic heterocycles. The second-order valence-electron chi connectivity index (χ2n) is 4.86. The van der Waals surface area contributed by atoms with E-state index in [0.717, 1.165) is 45.0 Å². The summed E-state index contributed by atoms with van der Waals surface area (Å²) >= 11 is 0. The van der Waals surface area contributed by atoms with Crippen LogP contribution in [-0.2, 0) is 4.74 Å². The van der Waals surface area contributed by atoms with Crippen LogP contribution in [0.3, 0.4) is 0 Å². The van der Waals surface area contributed by atoms with Crippen LogP contribution in [0.25, 0.3) is 0 Å². The number of nitrogens with one attached hydrogen (secondary N) is 1. The van der Waals surface area contributed by atoms with E-state index < -0.39 is 0 Å². The number of hydrogen-bond donors (Lipinski definition) is 1. The minimum atomic E-state index is 0.461. The van der Waals surface area contributed by atoms with Gasteiger partial charge in [0.1, 0.15) is 0 Å². The summed E-state index contributed by atoms with van der Waals surface area (Å²) in [7, 11) is 0. The highest BCUT2D eigenvalue weighted by atomic mass is 16.5. The first-order valence-corrected chi connectivity index (χ1v) is 6.92. The molecule has 1 aromatic rings. The molecule has 2 rings (SSSR count). The smallest absolute Gasteiger partial charge is 0.0594 e. The van der Waals surface area contributed by atoms with Crippen LogP contribution in [0.4, 0.5) is 0 Å². The van der Waals surface area contributed by atoms with Crippen molar-refractivity contribution in [3.63, 3.8) is 0 Å². The fourth-order valence-corrected chi connectivity index (χ4v) is 2.13. The standard InChI is InChI=1S/C16H22N2O/c1-15(14-18-10-12-19-13-11-18)17-9-5-8-16-6-3-2-4-7-16/h2-4,6-7,15,17H,9-14H2,1H3. The van der Waals surface area contributed by atoms with Crippen LogP contribution in [0.2, 0.25) is 0 Å². The van der Waals surface area contributed by atoms with E-state index in [0.29, 0.717) is 6.04 Å². The van der Waals surface area contributed by atoms with Gasteiger partial charge in [0.15, 0.2) is 0 Å². The molecule has 1 saturated heterocycles. The maximum absolute atomic E-state index is 5.34. The first-order chi connectivity index (χ1) is 9.34. The molecule has 1 unspecified atom stereocenters. The van der Waals surface area contributed by atoms with Gasteiger partial charge in [-0.3, -0.25) is 4.90 Å². The zero-order valence-corrected chi connectivity index (χ0v) is 11.6. The molecule has 0 amide bonds. The van der Waals surface area contributed by atoms with E-state index in [1.165, 1.54) is 0 Å². The lowest BCUT2D eigenvalue weighted by atomic mass is 10.2. The van der Waals surface area contributed by atoms with E-state index in [4.69, 9.17) is 4.74 Å². The molecule has 0 bridgehead atoms. The summed E-state index contributed by atoms with van der Waals surface area (Å²) < 4.78 is 5.34. The Kier molecular flexibility index (Phi) is 5.90. The number of ether oxygens (including phenoxy) is 1. The van der Waals surface area contributed by atoms with Crippen LogP contribution in [0, 0.1) is 11.8 Å². The molecular formula is C16H22N2O. The van der Waals surface area contributed by atoms with Crippen LogP contribution in [-0.4, -0.2) is 50.3 Å². The molecule has 19 heavy (non-hydrogen) atoms. The summed E-state index contributed by atoms with van der Waals surface area (Å²) in [4.78, 5) is 2.44. The average Bonchev–Trinajstić information content (AvgIpc) is 2.46. The first-order valence-electron chi connectivity index (χ1n) is 6.92. The highest BCUT2D eigenvalue weighted by Crippen LogP contribution is 1.98.